The Hall–Kier alpha value is -0.950. The number of phosphoric acid groups is 1. The Balaban J connectivity index is 3.86. The molecule has 0 fully saturated rings. The van der Waals surface area contributed by atoms with Gasteiger partial charge in [-0.1, -0.05) is 245 Å². The summed E-state index contributed by atoms with van der Waals surface area (Å²) < 4.78 is 32.1. The van der Waals surface area contributed by atoms with Gasteiger partial charge in [0.1, 0.15) is 6.61 Å². The van der Waals surface area contributed by atoms with Crippen molar-refractivity contribution < 1.29 is 37.6 Å². The highest BCUT2D eigenvalue weighted by atomic mass is 31.2. The van der Waals surface area contributed by atoms with E-state index in [2.05, 4.69) is 18.4 Å². The number of unbranched alkanes of at least 4 members (excludes halogenated alkanes) is 36. The zero-order valence-electron chi connectivity index (χ0n) is 38.0. The van der Waals surface area contributed by atoms with Gasteiger partial charge in [-0.05, 0) is 12.8 Å². The fraction of sp³-hybridized carbons (Fsp3) is 0.958. The second kappa shape index (κ2) is 44.6. The summed E-state index contributed by atoms with van der Waals surface area (Å²) in [5, 5.41) is 0. The first-order chi connectivity index (χ1) is 27.8. The van der Waals surface area contributed by atoms with Gasteiger partial charge in [-0.3, -0.25) is 18.6 Å². The Kier molecular flexibility index (Phi) is 43.9. The van der Waals surface area contributed by atoms with E-state index in [-0.39, 0.29) is 25.6 Å². The van der Waals surface area contributed by atoms with Crippen LogP contribution in [0.3, 0.4) is 0 Å². The zero-order valence-corrected chi connectivity index (χ0v) is 38.9. The van der Waals surface area contributed by atoms with Crippen LogP contribution in [0.1, 0.15) is 271 Å². The molecule has 0 amide bonds. The fourth-order valence-electron chi connectivity index (χ4n) is 7.54. The molecule has 0 aliphatic rings. The third kappa shape index (κ3) is 44.4. The van der Waals surface area contributed by atoms with Crippen LogP contribution >= 0.6 is 7.82 Å². The van der Waals surface area contributed by atoms with E-state index in [1.54, 1.807) is 0 Å². The molecule has 0 bridgehead atoms. The minimum absolute atomic E-state index is 0.216. The van der Waals surface area contributed by atoms with E-state index in [4.69, 9.17) is 14.0 Å². The SMILES string of the molecule is CCCCCCCCCCCCCCCCCCCCCC(=O)OCC(COP(=O)(O)OC)OC(=O)CCCCCCCCCCCCCCCCCCCCC. The molecule has 0 radical (unpaired) electrons. The maximum absolute atomic E-state index is 12.6. The Morgan fingerprint density at radius 3 is 0.965 bits per heavy atom. The van der Waals surface area contributed by atoms with Crippen LogP contribution in [0, 0.1) is 0 Å². The molecule has 2 unspecified atom stereocenters. The van der Waals surface area contributed by atoms with Crippen molar-refractivity contribution in [3.63, 3.8) is 0 Å². The van der Waals surface area contributed by atoms with Crippen LogP contribution < -0.4 is 0 Å². The quantitative estimate of drug-likeness (QED) is 0.0367. The molecule has 0 aromatic carbocycles. The van der Waals surface area contributed by atoms with Crippen LogP contribution in [0.2, 0.25) is 0 Å². The second-order valence-electron chi connectivity index (χ2n) is 17.0. The lowest BCUT2D eigenvalue weighted by Gasteiger charge is -2.19. The predicted molar refractivity (Wildman–Crippen MR) is 240 cm³/mol. The lowest BCUT2D eigenvalue weighted by Crippen LogP contribution is -2.29. The van der Waals surface area contributed by atoms with Crippen LogP contribution in [0.5, 0.6) is 0 Å². The number of phosphoric ester groups is 1. The summed E-state index contributed by atoms with van der Waals surface area (Å²) in [7, 11) is -3.19. The molecular weight excluding hydrogens is 735 g/mol. The van der Waals surface area contributed by atoms with Gasteiger partial charge in [-0.15, -0.1) is 0 Å². The van der Waals surface area contributed by atoms with Gasteiger partial charge in [-0.2, -0.15) is 0 Å². The van der Waals surface area contributed by atoms with E-state index < -0.39 is 19.9 Å². The van der Waals surface area contributed by atoms with Gasteiger partial charge in [0.25, 0.3) is 0 Å². The summed E-state index contributed by atoms with van der Waals surface area (Å²) in [6.07, 6.45) is 48.8. The molecule has 0 aliphatic carbocycles. The minimum Gasteiger partial charge on any atom is -0.462 e. The maximum atomic E-state index is 12.6. The molecular formula is C48H95O8P. The highest BCUT2D eigenvalue weighted by Crippen LogP contribution is 2.42. The van der Waals surface area contributed by atoms with Crippen molar-refractivity contribution in [2.45, 2.75) is 277 Å². The average molecular weight is 831 g/mol. The third-order valence-corrected chi connectivity index (χ3v) is 12.3. The van der Waals surface area contributed by atoms with Crippen LogP contribution in [0.4, 0.5) is 0 Å². The van der Waals surface area contributed by atoms with Crippen molar-refractivity contribution in [1.82, 2.24) is 0 Å². The topological polar surface area (TPSA) is 108 Å². The van der Waals surface area contributed by atoms with E-state index in [1.165, 1.54) is 205 Å². The molecule has 340 valence electrons. The summed E-state index contributed by atoms with van der Waals surface area (Å²) in [5.74, 6) is -0.781. The Bertz CT molecular complexity index is 900. The summed E-state index contributed by atoms with van der Waals surface area (Å²) in [4.78, 5) is 34.6. The molecule has 2 atom stereocenters. The number of hydrogen-bond donors (Lipinski definition) is 1. The first-order valence-corrected chi connectivity index (χ1v) is 26.2. The number of esters is 2. The Labute approximate surface area is 353 Å². The number of hydrogen-bond acceptors (Lipinski definition) is 7. The lowest BCUT2D eigenvalue weighted by molar-refractivity contribution is -0.161. The lowest BCUT2D eigenvalue weighted by atomic mass is 10.0. The van der Waals surface area contributed by atoms with E-state index in [9.17, 15) is 19.0 Å². The average Bonchev–Trinajstić information content (AvgIpc) is 3.20. The molecule has 9 heteroatoms. The maximum Gasteiger partial charge on any atom is 0.472 e. The summed E-state index contributed by atoms with van der Waals surface area (Å²) in [6, 6.07) is 0. The first kappa shape index (κ1) is 56.0. The largest absolute Gasteiger partial charge is 0.472 e. The smallest absolute Gasteiger partial charge is 0.462 e. The Morgan fingerprint density at radius 2 is 0.684 bits per heavy atom. The number of ether oxygens (including phenoxy) is 2. The Morgan fingerprint density at radius 1 is 0.421 bits per heavy atom. The molecule has 0 saturated carbocycles. The van der Waals surface area contributed by atoms with E-state index >= 15 is 0 Å². The van der Waals surface area contributed by atoms with Crippen LogP contribution in [-0.4, -0.2) is 43.3 Å². The van der Waals surface area contributed by atoms with Crippen molar-refractivity contribution >= 4 is 19.8 Å². The molecule has 8 nitrogen and oxygen atoms in total. The number of rotatable bonds is 47. The minimum atomic E-state index is -4.26. The molecule has 0 aromatic heterocycles. The van der Waals surface area contributed by atoms with Gasteiger partial charge in [0.2, 0.25) is 0 Å². The van der Waals surface area contributed by atoms with Crippen LogP contribution in [0.25, 0.3) is 0 Å². The molecule has 0 aromatic rings. The highest BCUT2D eigenvalue weighted by Gasteiger charge is 2.24. The second-order valence-corrected chi connectivity index (χ2v) is 18.5. The van der Waals surface area contributed by atoms with Crippen molar-refractivity contribution in [3.05, 3.63) is 0 Å². The summed E-state index contributed by atoms with van der Waals surface area (Å²) in [6.45, 7) is 3.95. The number of carbonyl (C=O) groups excluding carboxylic acids is 2. The molecule has 0 aliphatic heterocycles. The summed E-state index contributed by atoms with van der Waals surface area (Å²) in [5.41, 5.74) is 0. The number of carbonyl (C=O) groups is 2. The summed E-state index contributed by atoms with van der Waals surface area (Å²) >= 11 is 0. The van der Waals surface area contributed by atoms with Crippen molar-refractivity contribution in [1.29, 1.82) is 0 Å². The third-order valence-electron chi connectivity index (χ3n) is 11.4. The van der Waals surface area contributed by atoms with Gasteiger partial charge in [0.15, 0.2) is 6.10 Å². The van der Waals surface area contributed by atoms with Gasteiger partial charge in [0, 0.05) is 20.0 Å². The van der Waals surface area contributed by atoms with Gasteiger partial charge >= 0.3 is 19.8 Å². The van der Waals surface area contributed by atoms with Crippen molar-refractivity contribution in [2.75, 3.05) is 20.3 Å². The van der Waals surface area contributed by atoms with Gasteiger partial charge in [0.05, 0.1) is 6.61 Å². The van der Waals surface area contributed by atoms with Crippen molar-refractivity contribution in [3.8, 4) is 0 Å². The van der Waals surface area contributed by atoms with E-state index in [0.717, 1.165) is 45.6 Å². The van der Waals surface area contributed by atoms with Crippen molar-refractivity contribution in [2.24, 2.45) is 0 Å². The first-order valence-electron chi connectivity index (χ1n) is 24.7. The standard InChI is InChI=1S/C48H95O8P/c1-4-6-8-10-12-14-16-18-20-22-24-26-28-30-32-34-36-38-40-42-47(49)54-44-46(45-55-57(51,52)53-3)56-48(50)43-41-39-37-35-33-31-29-27-25-23-21-19-17-15-13-11-9-7-5-2/h46H,4-45H2,1-3H3,(H,51,52). The molecule has 0 saturated heterocycles. The normalized spacial score (nSPS) is 13.1. The molecule has 57 heavy (non-hydrogen) atoms. The predicted octanol–water partition coefficient (Wildman–Crippen LogP) is 15.8. The van der Waals surface area contributed by atoms with Gasteiger partial charge in [-0.25, -0.2) is 4.57 Å². The zero-order chi connectivity index (χ0) is 41.8. The molecule has 0 heterocycles. The molecule has 1 N–H and O–H groups in total. The highest BCUT2D eigenvalue weighted by molar-refractivity contribution is 7.47. The van der Waals surface area contributed by atoms with Crippen LogP contribution in [-0.2, 0) is 32.7 Å². The molecule has 0 rings (SSSR count). The fourth-order valence-corrected chi connectivity index (χ4v) is 8.00. The van der Waals surface area contributed by atoms with E-state index in [0.29, 0.717) is 6.42 Å². The van der Waals surface area contributed by atoms with E-state index in [1.807, 2.05) is 0 Å². The monoisotopic (exact) mass is 831 g/mol. The molecule has 0 spiro atoms. The van der Waals surface area contributed by atoms with Crippen LogP contribution in [0.15, 0.2) is 0 Å². The van der Waals surface area contributed by atoms with Gasteiger partial charge < -0.3 is 14.4 Å².